The van der Waals surface area contributed by atoms with Crippen LogP contribution >= 0.6 is 11.3 Å². The molecule has 1 unspecified atom stereocenters. The summed E-state index contributed by atoms with van der Waals surface area (Å²) in [6.07, 6.45) is 4.13. The Balaban J connectivity index is 1.80. The summed E-state index contributed by atoms with van der Waals surface area (Å²) in [5.74, 6) is 5.97. The van der Waals surface area contributed by atoms with Gasteiger partial charge in [-0.2, -0.15) is 0 Å². The SMILES string of the molecule is CN(Cc1ccc(C#CCN)s1)CC1CCCCO1. The van der Waals surface area contributed by atoms with E-state index >= 15 is 0 Å². The summed E-state index contributed by atoms with van der Waals surface area (Å²) in [6, 6.07) is 4.23. The molecule has 2 rings (SSSR count). The van der Waals surface area contributed by atoms with Crippen LogP contribution in [-0.4, -0.2) is 37.7 Å². The molecule has 0 spiro atoms. The number of nitrogens with two attached hydrogens (primary N) is 1. The number of likely N-dealkylation sites (N-methyl/N-ethyl adjacent to an activating group) is 1. The van der Waals surface area contributed by atoms with Gasteiger partial charge in [0.1, 0.15) is 0 Å². The van der Waals surface area contributed by atoms with Crippen molar-refractivity contribution in [3.05, 3.63) is 21.9 Å². The minimum absolute atomic E-state index is 0.412. The van der Waals surface area contributed by atoms with Crippen LogP contribution in [0.15, 0.2) is 12.1 Å². The summed E-state index contributed by atoms with van der Waals surface area (Å²) in [4.78, 5) is 4.78. The predicted molar refractivity (Wildman–Crippen MR) is 80.2 cm³/mol. The minimum Gasteiger partial charge on any atom is -0.377 e. The number of hydrogen-bond donors (Lipinski definition) is 1. The molecule has 1 atom stereocenters. The van der Waals surface area contributed by atoms with E-state index in [0.717, 1.165) is 24.6 Å². The molecule has 1 fully saturated rings. The maximum atomic E-state index is 5.77. The van der Waals surface area contributed by atoms with Crippen molar-refractivity contribution in [2.75, 3.05) is 26.7 Å². The van der Waals surface area contributed by atoms with Gasteiger partial charge in [0.2, 0.25) is 0 Å². The van der Waals surface area contributed by atoms with E-state index in [9.17, 15) is 0 Å². The van der Waals surface area contributed by atoms with Crippen molar-refractivity contribution in [1.29, 1.82) is 0 Å². The Bertz CT molecular complexity index is 440. The monoisotopic (exact) mass is 278 g/mol. The Morgan fingerprint density at radius 3 is 3.11 bits per heavy atom. The molecule has 0 aromatic carbocycles. The Hall–Kier alpha value is -0.860. The van der Waals surface area contributed by atoms with Crippen molar-refractivity contribution >= 4 is 11.3 Å². The third kappa shape index (κ3) is 4.96. The fourth-order valence-corrected chi connectivity index (χ4v) is 3.26. The molecule has 0 bridgehead atoms. The van der Waals surface area contributed by atoms with Crippen LogP contribution in [0.1, 0.15) is 29.0 Å². The smallest absolute Gasteiger partial charge is 0.0772 e. The molecular weight excluding hydrogens is 256 g/mol. The van der Waals surface area contributed by atoms with E-state index in [-0.39, 0.29) is 0 Å². The standard InChI is InChI=1S/C15H22N2OS/c1-17(11-13-5-2-3-10-18-13)12-15-8-7-14(19-15)6-4-9-16/h7-8,13H,2-3,5,9-12,16H2,1H3. The zero-order valence-corrected chi connectivity index (χ0v) is 12.3. The van der Waals surface area contributed by atoms with E-state index in [1.165, 1.54) is 24.1 Å². The average Bonchev–Trinajstić information content (AvgIpc) is 2.85. The van der Waals surface area contributed by atoms with E-state index in [4.69, 9.17) is 10.5 Å². The highest BCUT2D eigenvalue weighted by Crippen LogP contribution is 2.18. The summed E-state index contributed by atoms with van der Waals surface area (Å²) in [7, 11) is 2.16. The Kier molecular flexibility index (Phi) is 5.87. The fraction of sp³-hybridized carbons (Fsp3) is 0.600. The second-order valence-corrected chi connectivity index (χ2v) is 6.13. The lowest BCUT2D eigenvalue weighted by molar-refractivity contribution is -0.00245. The third-order valence-corrected chi connectivity index (χ3v) is 4.18. The average molecular weight is 278 g/mol. The third-order valence-electron chi connectivity index (χ3n) is 3.19. The summed E-state index contributed by atoms with van der Waals surface area (Å²) in [6.45, 7) is 3.33. The minimum atomic E-state index is 0.412. The molecule has 0 saturated carbocycles. The van der Waals surface area contributed by atoms with Gasteiger partial charge < -0.3 is 10.5 Å². The first kappa shape index (κ1) is 14.5. The summed E-state index contributed by atoms with van der Waals surface area (Å²) >= 11 is 1.75. The number of rotatable bonds is 4. The highest BCUT2D eigenvalue weighted by Gasteiger charge is 2.16. The van der Waals surface area contributed by atoms with Gasteiger partial charge in [0.15, 0.2) is 0 Å². The van der Waals surface area contributed by atoms with Crippen LogP contribution in [0.3, 0.4) is 0 Å². The molecule has 19 heavy (non-hydrogen) atoms. The van der Waals surface area contributed by atoms with Gasteiger partial charge in [-0.3, -0.25) is 4.90 Å². The molecule has 104 valence electrons. The van der Waals surface area contributed by atoms with Crippen LogP contribution in [0.5, 0.6) is 0 Å². The van der Waals surface area contributed by atoms with Crippen LogP contribution in [-0.2, 0) is 11.3 Å². The Labute approximate surface area is 119 Å². The van der Waals surface area contributed by atoms with Crippen LogP contribution in [0.4, 0.5) is 0 Å². The molecule has 1 aliphatic heterocycles. The zero-order valence-electron chi connectivity index (χ0n) is 11.5. The van der Waals surface area contributed by atoms with Gasteiger partial charge >= 0.3 is 0 Å². The molecule has 1 aliphatic rings. The highest BCUT2D eigenvalue weighted by molar-refractivity contribution is 7.12. The van der Waals surface area contributed by atoms with E-state index in [1.54, 1.807) is 11.3 Å². The predicted octanol–water partition coefficient (Wildman–Crippen LogP) is 2.06. The van der Waals surface area contributed by atoms with Gasteiger partial charge in [0.25, 0.3) is 0 Å². The van der Waals surface area contributed by atoms with Crippen LogP contribution in [0.25, 0.3) is 0 Å². The number of hydrogen-bond acceptors (Lipinski definition) is 4. The molecule has 3 nitrogen and oxygen atoms in total. The first-order valence-corrected chi connectivity index (χ1v) is 7.67. The van der Waals surface area contributed by atoms with Crippen LogP contribution < -0.4 is 5.73 Å². The molecule has 1 aromatic rings. The fourth-order valence-electron chi connectivity index (χ4n) is 2.30. The maximum Gasteiger partial charge on any atom is 0.0772 e. The molecule has 2 heterocycles. The van der Waals surface area contributed by atoms with Gasteiger partial charge in [-0.15, -0.1) is 11.3 Å². The lowest BCUT2D eigenvalue weighted by Crippen LogP contribution is -2.32. The molecular formula is C15H22N2OS. The van der Waals surface area contributed by atoms with Gasteiger partial charge in [0.05, 0.1) is 17.5 Å². The van der Waals surface area contributed by atoms with Crippen molar-refractivity contribution in [3.63, 3.8) is 0 Å². The summed E-state index contributed by atoms with van der Waals surface area (Å²) in [5.41, 5.74) is 5.38. The normalized spacial score (nSPS) is 19.2. The largest absolute Gasteiger partial charge is 0.377 e. The second-order valence-electron chi connectivity index (χ2n) is 4.96. The zero-order chi connectivity index (χ0) is 13.5. The van der Waals surface area contributed by atoms with Crippen molar-refractivity contribution in [2.24, 2.45) is 5.73 Å². The molecule has 0 amide bonds. The summed E-state index contributed by atoms with van der Waals surface area (Å²) < 4.78 is 5.77. The summed E-state index contributed by atoms with van der Waals surface area (Å²) in [5, 5.41) is 0. The van der Waals surface area contributed by atoms with Gasteiger partial charge in [-0.25, -0.2) is 0 Å². The molecule has 0 aliphatic carbocycles. The van der Waals surface area contributed by atoms with Crippen molar-refractivity contribution in [1.82, 2.24) is 4.90 Å². The van der Waals surface area contributed by atoms with Crippen molar-refractivity contribution in [3.8, 4) is 11.8 Å². The van der Waals surface area contributed by atoms with Gasteiger partial charge in [0, 0.05) is 24.6 Å². The van der Waals surface area contributed by atoms with E-state index in [1.807, 2.05) is 0 Å². The first-order chi connectivity index (χ1) is 9.28. The first-order valence-electron chi connectivity index (χ1n) is 6.85. The quantitative estimate of drug-likeness (QED) is 0.857. The Morgan fingerprint density at radius 1 is 1.47 bits per heavy atom. The van der Waals surface area contributed by atoms with Crippen molar-refractivity contribution in [2.45, 2.75) is 31.9 Å². The van der Waals surface area contributed by atoms with Gasteiger partial charge in [-0.05, 0) is 38.4 Å². The van der Waals surface area contributed by atoms with Gasteiger partial charge in [-0.1, -0.05) is 11.8 Å². The van der Waals surface area contributed by atoms with E-state index in [2.05, 4.69) is 35.9 Å². The lowest BCUT2D eigenvalue weighted by atomic mass is 10.1. The Morgan fingerprint density at radius 2 is 2.37 bits per heavy atom. The lowest BCUT2D eigenvalue weighted by Gasteiger charge is -2.27. The highest BCUT2D eigenvalue weighted by atomic mass is 32.1. The molecule has 2 N–H and O–H groups in total. The number of thiophene rings is 1. The molecule has 0 radical (unpaired) electrons. The van der Waals surface area contributed by atoms with Crippen LogP contribution in [0.2, 0.25) is 0 Å². The molecule has 1 aromatic heterocycles. The van der Waals surface area contributed by atoms with Crippen LogP contribution in [0, 0.1) is 11.8 Å². The number of nitrogens with zero attached hydrogens (tertiary/aromatic N) is 1. The van der Waals surface area contributed by atoms with E-state index < -0.39 is 0 Å². The number of ether oxygens (including phenoxy) is 1. The van der Waals surface area contributed by atoms with E-state index in [0.29, 0.717) is 12.6 Å². The molecule has 4 heteroatoms. The topological polar surface area (TPSA) is 38.5 Å². The van der Waals surface area contributed by atoms with Crippen molar-refractivity contribution < 1.29 is 4.74 Å². The maximum absolute atomic E-state index is 5.77. The molecule has 1 saturated heterocycles. The second kappa shape index (κ2) is 7.66.